The van der Waals surface area contributed by atoms with Crippen molar-refractivity contribution in [3.8, 4) is 0 Å². The zero-order valence-electron chi connectivity index (χ0n) is 7.92. The second-order valence-corrected chi connectivity index (χ2v) is 3.94. The van der Waals surface area contributed by atoms with E-state index >= 15 is 0 Å². The van der Waals surface area contributed by atoms with Gasteiger partial charge in [-0.3, -0.25) is 4.99 Å². The van der Waals surface area contributed by atoms with Gasteiger partial charge in [0.15, 0.2) is 0 Å². The molecule has 0 amide bonds. The molecule has 0 aromatic carbocycles. The van der Waals surface area contributed by atoms with Crippen LogP contribution in [-0.4, -0.2) is 29.9 Å². The summed E-state index contributed by atoms with van der Waals surface area (Å²) in [5.74, 6) is 1.39. The fraction of sp³-hybridized carbons (Fsp3) is 0.900. The molecule has 0 aromatic rings. The maximum Gasteiger partial charge on any atom is 0.0991 e. The summed E-state index contributed by atoms with van der Waals surface area (Å²) in [6.07, 6.45) is 6.58. The normalized spacial score (nSPS) is 30.6. The van der Waals surface area contributed by atoms with Crippen LogP contribution in [0.5, 0.6) is 0 Å². The topological polar surface area (TPSA) is 15.6 Å². The van der Waals surface area contributed by atoms with Crippen molar-refractivity contribution in [2.45, 2.75) is 45.1 Å². The molecule has 1 atom stereocenters. The summed E-state index contributed by atoms with van der Waals surface area (Å²) in [5, 5.41) is 0. The monoisotopic (exact) mass is 166 g/mol. The van der Waals surface area contributed by atoms with Gasteiger partial charge in [-0.1, -0.05) is 6.42 Å². The molecule has 2 heteroatoms. The van der Waals surface area contributed by atoms with Gasteiger partial charge >= 0.3 is 0 Å². The van der Waals surface area contributed by atoms with Crippen molar-refractivity contribution < 1.29 is 0 Å². The van der Waals surface area contributed by atoms with Crippen molar-refractivity contribution in [2.75, 3.05) is 13.1 Å². The highest BCUT2D eigenvalue weighted by molar-refractivity contribution is 5.83. The Morgan fingerprint density at radius 2 is 2.25 bits per heavy atom. The highest BCUT2D eigenvalue weighted by Gasteiger charge is 2.22. The van der Waals surface area contributed by atoms with Crippen LogP contribution in [0.1, 0.15) is 39.0 Å². The Morgan fingerprint density at radius 3 is 3.17 bits per heavy atom. The van der Waals surface area contributed by atoms with Crippen LogP contribution < -0.4 is 0 Å². The fourth-order valence-electron chi connectivity index (χ4n) is 2.20. The van der Waals surface area contributed by atoms with E-state index in [1.165, 1.54) is 44.5 Å². The molecule has 12 heavy (non-hydrogen) atoms. The molecule has 0 radical (unpaired) electrons. The van der Waals surface area contributed by atoms with Crippen LogP contribution in [0.2, 0.25) is 0 Å². The lowest BCUT2D eigenvalue weighted by Crippen LogP contribution is -2.41. The smallest absolute Gasteiger partial charge is 0.0991 e. The van der Waals surface area contributed by atoms with Gasteiger partial charge in [0.2, 0.25) is 0 Å². The Hall–Kier alpha value is -0.530. The summed E-state index contributed by atoms with van der Waals surface area (Å²) in [7, 11) is 0. The highest BCUT2D eigenvalue weighted by Crippen LogP contribution is 2.19. The molecular weight excluding hydrogens is 148 g/mol. The Morgan fingerprint density at radius 1 is 1.33 bits per heavy atom. The molecule has 1 saturated heterocycles. The number of nitrogens with zero attached hydrogens (tertiary/aromatic N) is 2. The minimum Gasteiger partial charge on any atom is -0.358 e. The molecule has 0 N–H and O–H groups in total. The van der Waals surface area contributed by atoms with E-state index in [1.54, 1.807) is 0 Å². The van der Waals surface area contributed by atoms with Gasteiger partial charge in [0, 0.05) is 25.6 Å². The van der Waals surface area contributed by atoms with Gasteiger partial charge in [-0.05, 0) is 26.2 Å². The van der Waals surface area contributed by atoms with Crippen molar-refractivity contribution in [1.29, 1.82) is 0 Å². The number of amidine groups is 1. The standard InChI is InChI=1S/C10H18N2/c1-9-6-7-11-10-5-3-2-4-8-12(9)10/h9H,2-8H2,1H3. The van der Waals surface area contributed by atoms with E-state index < -0.39 is 0 Å². The van der Waals surface area contributed by atoms with E-state index in [1.807, 2.05) is 0 Å². The molecule has 2 heterocycles. The Labute approximate surface area is 74.7 Å². The number of rotatable bonds is 0. The average molecular weight is 166 g/mol. The lowest BCUT2D eigenvalue weighted by Gasteiger charge is -2.34. The van der Waals surface area contributed by atoms with Crippen molar-refractivity contribution in [3.05, 3.63) is 0 Å². The van der Waals surface area contributed by atoms with E-state index in [-0.39, 0.29) is 0 Å². The molecule has 2 aliphatic heterocycles. The minimum atomic E-state index is 0.746. The fourth-order valence-corrected chi connectivity index (χ4v) is 2.20. The summed E-state index contributed by atoms with van der Waals surface area (Å²) in [6, 6.07) is 0.746. The molecule has 0 aromatic heterocycles. The van der Waals surface area contributed by atoms with E-state index in [4.69, 9.17) is 0 Å². The number of fused-ring (bicyclic) bond motifs is 1. The minimum absolute atomic E-state index is 0.746. The number of aliphatic imine (C=N–C) groups is 1. The average Bonchev–Trinajstić information content (AvgIpc) is 2.30. The molecule has 68 valence electrons. The Kier molecular flexibility index (Phi) is 2.33. The summed E-state index contributed by atoms with van der Waals surface area (Å²) in [6.45, 7) is 4.65. The van der Waals surface area contributed by atoms with Gasteiger partial charge in [-0.15, -0.1) is 0 Å². The number of hydrogen-bond acceptors (Lipinski definition) is 2. The first-order valence-corrected chi connectivity index (χ1v) is 5.18. The van der Waals surface area contributed by atoms with E-state index in [0.29, 0.717) is 0 Å². The lowest BCUT2D eigenvalue weighted by atomic mass is 10.1. The van der Waals surface area contributed by atoms with Crippen molar-refractivity contribution in [3.63, 3.8) is 0 Å². The van der Waals surface area contributed by atoms with Crippen LogP contribution in [0.3, 0.4) is 0 Å². The first-order chi connectivity index (χ1) is 5.88. The molecule has 1 fully saturated rings. The zero-order valence-corrected chi connectivity index (χ0v) is 7.92. The maximum atomic E-state index is 4.60. The molecule has 1 unspecified atom stereocenters. The van der Waals surface area contributed by atoms with Gasteiger partial charge in [0.25, 0.3) is 0 Å². The van der Waals surface area contributed by atoms with Crippen LogP contribution in [0, 0.1) is 0 Å². The first-order valence-electron chi connectivity index (χ1n) is 5.18. The van der Waals surface area contributed by atoms with E-state index in [0.717, 1.165) is 12.6 Å². The Bertz CT molecular complexity index is 186. The van der Waals surface area contributed by atoms with Gasteiger partial charge in [0.1, 0.15) is 0 Å². The quantitative estimate of drug-likeness (QED) is 0.538. The summed E-state index contributed by atoms with van der Waals surface area (Å²) < 4.78 is 0. The molecular formula is C10H18N2. The molecule has 2 rings (SSSR count). The van der Waals surface area contributed by atoms with Gasteiger partial charge in [-0.2, -0.15) is 0 Å². The third kappa shape index (κ3) is 1.47. The SMILES string of the molecule is CC1CCN=C2CCCCCN21. The summed E-state index contributed by atoms with van der Waals surface area (Å²) in [4.78, 5) is 7.13. The van der Waals surface area contributed by atoms with E-state index in [9.17, 15) is 0 Å². The van der Waals surface area contributed by atoms with Gasteiger partial charge < -0.3 is 4.90 Å². The number of hydrogen-bond donors (Lipinski definition) is 0. The largest absolute Gasteiger partial charge is 0.358 e. The second-order valence-electron chi connectivity index (χ2n) is 3.94. The lowest BCUT2D eigenvalue weighted by molar-refractivity contribution is 0.299. The third-order valence-electron chi connectivity index (χ3n) is 3.00. The molecule has 0 spiro atoms. The van der Waals surface area contributed by atoms with Crippen LogP contribution in [0.15, 0.2) is 4.99 Å². The van der Waals surface area contributed by atoms with Gasteiger partial charge in [0.05, 0.1) is 5.84 Å². The highest BCUT2D eigenvalue weighted by atomic mass is 15.2. The Balaban J connectivity index is 2.12. The predicted octanol–water partition coefficient (Wildman–Crippen LogP) is 2.05. The van der Waals surface area contributed by atoms with E-state index in [2.05, 4.69) is 16.8 Å². The zero-order chi connectivity index (χ0) is 8.39. The summed E-state index contributed by atoms with van der Waals surface area (Å²) >= 11 is 0. The van der Waals surface area contributed by atoms with Crippen LogP contribution >= 0.6 is 0 Å². The summed E-state index contributed by atoms with van der Waals surface area (Å²) in [5.41, 5.74) is 0. The van der Waals surface area contributed by atoms with Crippen molar-refractivity contribution in [2.24, 2.45) is 4.99 Å². The van der Waals surface area contributed by atoms with Crippen LogP contribution in [0.25, 0.3) is 0 Å². The molecule has 2 aliphatic rings. The first kappa shape index (κ1) is 8.09. The van der Waals surface area contributed by atoms with Crippen molar-refractivity contribution >= 4 is 5.84 Å². The second kappa shape index (κ2) is 3.46. The van der Waals surface area contributed by atoms with Gasteiger partial charge in [-0.25, -0.2) is 0 Å². The molecule has 0 aliphatic carbocycles. The van der Waals surface area contributed by atoms with Crippen molar-refractivity contribution in [1.82, 2.24) is 4.90 Å². The third-order valence-corrected chi connectivity index (χ3v) is 3.00. The maximum absolute atomic E-state index is 4.60. The molecule has 0 bridgehead atoms. The predicted molar refractivity (Wildman–Crippen MR) is 51.6 cm³/mol. The molecule has 2 nitrogen and oxygen atoms in total. The van der Waals surface area contributed by atoms with Crippen LogP contribution in [-0.2, 0) is 0 Å². The van der Waals surface area contributed by atoms with Crippen LogP contribution in [0.4, 0.5) is 0 Å². The molecule has 0 saturated carbocycles.